The van der Waals surface area contributed by atoms with Gasteiger partial charge in [-0.2, -0.15) is 0 Å². The van der Waals surface area contributed by atoms with E-state index in [1.807, 2.05) is 33.0 Å². The average Bonchev–Trinajstić information content (AvgIpc) is 2.65. The van der Waals surface area contributed by atoms with Crippen molar-refractivity contribution in [3.8, 4) is 11.5 Å². The fourth-order valence-electron chi connectivity index (χ4n) is 2.71. The predicted molar refractivity (Wildman–Crippen MR) is 104 cm³/mol. The van der Waals surface area contributed by atoms with Crippen molar-refractivity contribution in [2.75, 3.05) is 26.6 Å². The predicted octanol–water partition coefficient (Wildman–Crippen LogP) is 2.85. The quantitative estimate of drug-likeness (QED) is 0.758. The normalized spacial score (nSPS) is 13.0. The maximum absolute atomic E-state index is 13.3. The highest BCUT2D eigenvalue weighted by Gasteiger charge is 2.23. The second-order valence-electron chi connectivity index (χ2n) is 6.50. The first-order valence-electron chi connectivity index (χ1n) is 8.56. The summed E-state index contributed by atoms with van der Waals surface area (Å²) in [7, 11) is 5.14. The van der Waals surface area contributed by atoms with Gasteiger partial charge in [0.05, 0.1) is 26.3 Å². The van der Waals surface area contributed by atoms with E-state index in [1.165, 1.54) is 18.2 Å². The van der Waals surface area contributed by atoms with Gasteiger partial charge in [0.25, 0.3) is 5.91 Å². The van der Waals surface area contributed by atoms with Crippen LogP contribution in [0.5, 0.6) is 11.5 Å². The molecule has 2 aromatic rings. The molecule has 0 aromatic heterocycles. The zero-order valence-electron chi connectivity index (χ0n) is 16.2. The summed E-state index contributed by atoms with van der Waals surface area (Å²) >= 11 is 5.76. The number of nitrogens with one attached hydrogen (secondary N) is 2. The third kappa shape index (κ3) is 5.11. The largest absolute Gasteiger partial charge is 0.493 e. The van der Waals surface area contributed by atoms with E-state index in [1.54, 1.807) is 14.2 Å². The van der Waals surface area contributed by atoms with Crippen LogP contribution in [0.4, 0.5) is 10.1 Å². The molecule has 1 amide bonds. The van der Waals surface area contributed by atoms with Crippen LogP contribution < -0.4 is 19.7 Å². The van der Waals surface area contributed by atoms with E-state index in [-0.39, 0.29) is 17.0 Å². The number of halogens is 2. The van der Waals surface area contributed by atoms with Gasteiger partial charge in [0.2, 0.25) is 0 Å². The van der Waals surface area contributed by atoms with Gasteiger partial charge in [-0.15, -0.1) is 0 Å². The Morgan fingerprint density at radius 1 is 1.22 bits per heavy atom. The van der Waals surface area contributed by atoms with Crippen LogP contribution in [0.1, 0.15) is 18.1 Å². The summed E-state index contributed by atoms with van der Waals surface area (Å²) in [5.74, 6) is 0.641. The van der Waals surface area contributed by atoms with Gasteiger partial charge in [-0.25, -0.2) is 4.39 Å². The standard InChI is InChI=1S/C20H24ClFN2O3/c1-12-8-18(26-4)19(27-5)9-14(12)11-24(3)13(2)20(25)23-15-6-7-17(22)16(21)10-15/h6-10,13H,11H2,1-5H3,(H,23,25)/p+1/t13-/m1/s1. The summed E-state index contributed by atoms with van der Waals surface area (Å²) in [5.41, 5.74) is 2.59. The SMILES string of the molecule is COc1cc(C)c(C[NH+](C)[C@H](C)C(=O)Nc2ccc(F)c(Cl)c2)cc1OC. The Balaban J connectivity index is 2.09. The van der Waals surface area contributed by atoms with Gasteiger partial charge in [0, 0.05) is 11.3 Å². The minimum atomic E-state index is -0.519. The van der Waals surface area contributed by atoms with E-state index in [9.17, 15) is 9.18 Å². The molecule has 0 aliphatic heterocycles. The van der Waals surface area contributed by atoms with E-state index in [4.69, 9.17) is 21.1 Å². The molecular formula is C20H25ClFN2O3+. The lowest BCUT2D eigenvalue weighted by Gasteiger charge is -2.22. The van der Waals surface area contributed by atoms with Crippen molar-refractivity contribution in [1.29, 1.82) is 0 Å². The second kappa shape index (κ2) is 9.06. The zero-order chi connectivity index (χ0) is 20.1. The Morgan fingerprint density at radius 3 is 2.44 bits per heavy atom. The number of aryl methyl sites for hydroxylation is 1. The van der Waals surface area contributed by atoms with Crippen molar-refractivity contribution in [3.63, 3.8) is 0 Å². The number of carbonyl (C=O) groups excluding carboxylic acids is 1. The Hall–Kier alpha value is -2.31. The molecule has 5 nitrogen and oxygen atoms in total. The molecule has 0 saturated carbocycles. The Bertz CT molecular complexity index is 829. The van der Waals surface area contributed by atoms with E-state index < -0.39 is 5.82 Å². The van der Waals surface area contributed by atoms with Gasteiger partial charge in [0.15, 0.2) is 17.5 Å². The lowest BCUT2D eigenvalue weighted by molar-refractivity contribution is -0.907. The van der Waals surface area contributed by atoms with Crippen molar-refractivity contribution in [2.24, 2.45) is 0 Å². The van der Waals surface area contributed by atoms with Crippen molar-refractivity contribution in [2.45, 2.75) is 26.4 Å². The number of likely N-dealkylation sites (N-methyl/N-ethyl adjacent to an activating group) is 1. The molecule has 0 heterocycles. The van der Waals surface area contributed by atoms with Crippen molar-refractivity contribution < 1.29 is 23.6 Å². The molecule has 2 aromatic carbocycles. The highest BCUT2D eigenvalue weighted by Crippen LogP contribution is 2.30. The molecule has 0 radical (unpaired) electrons. The zero-order valence-corrected chi connectivity index (χ0v) is 16.9. The Morgan fingerprint density at radius 2 is 1.85 bits per heavy atom. The number of hydrogen-bond acceptors (Lipinski definition) is 3. The van der Waals surface area contributed by atoms with Crippen LogP contribution in [-0.2, 0) is 11.3 Å². The van der Waals surface area contributed by atoms with Gasteiger partial charge >= 0.3 is 0 Å². The van der Waals surface area contributed by atoms with Crippen LogP contribution in [0.3, 0.4) is 0 Å². The van der Waals surface area contributed by atoms with Gasteiger partial charge < -0.3 is 19.7 Å². The van der Waals surface area contributed by atoms with E-state index in [0.717, 1.165) is 16.0 Å². The van der Waals surface area contributed by atoms with Crippen molar-refractivity contribution in [3.05, 3.63) is 52.3 Å². The first-order valence-corrected chi connectivity index (χ1v) is 8.94. The van der Waals surface area contributed by atoms with Crippen LogP contribution in [0.15, 0.2) is 30.3 Å². The fraction of sp³-hybridized carbons (Fsp3) is 0.350. The molecule has 1 unspecified atom stereocenters. The lowest BCUT2D eigenvalue weighted by Crippen LogP contribution is -3.12. The van der Waals surface area contributed by atoms with Crippen LogP contribution >= 0.6 is 11.6 Å². The first-order chi connectivity index (χ1) is 12.8. The summed E-state index contributed by atoms with van der Waals surface area (Å²) < 4.78 is 23.9. The lowest BCUT2D eigenvalue weighted by atomic mass is 10.1. The smallest absolute Gasteiger partial charge is 0.282 e. The molecule has 0 spiro atoms. The van der Waals surface area contributed by atoms with Gasteiger partial charge in [0.1, 0.15) is 12.4 Å². The molecule has 27 heavy (non-hydrogen) atoms. The van der Waals surface area contributed by atoms with Gasteiger partial charge in [-0.1, -0.05) is 11.6 Å². The molecule has 146 valence electrons. The maximum Gasteiger partial charge on any atom is 0.282 e. The summed E-state index contributed by atoms with van der Waals surface area (Å²) in [6.07, 6.45) is 0. The Kier molecular flexibility index (Phi) is 7.05. The fourth-order valence-corrected chi connectivity index (χ4v) is 2.90. The number of benzene rings is 2. The molecule has 0 aliphatic rings. The molecule has 0 fully saturated rings. The monoisotopic (exact) mass is 395 g/mol. The maximum atomic E-state index is 13.3. The summed E-state index contributed by atoms with van der Waals surface area (Å²) in [5, 5.41) is 2.75. The molecule has 2 N–H and O–H groups in total. The topological polar surface area (TPSA) is 52.0 Å². The van der Waals surface area contributed by atoms with Crippen LogP contribution in [0.2, 0.25) is 5.02 Å². The minimum Gasteiger partial charge on any atom is -0.493 e. The van der Waals surface area contributed by atoms with Gasteiger partial charge in [-0.3, -0.25) is 4.79 Å². The summed E-state index contributed by atoms with van der Waals surface area (Å²) in [6, 6.07) is 7.64. The summed E-state index contributed by atoms with van der Waals surface area (Å²) in [4.78, 5) is 13.5. The average molecular weight is 396 g/mol. The highest BCUT2D eigenvalue weighted by molar-refractivity contribution is 6.31. The van der Waals surface area contributed by atoms with E-state index in [0.29, 0.717) is 23.7 Å². The van der Waals surface area contributed by atoms with Crippen LogP contribution in [0, 0.1) is 12.7 Å². The Labute approximate surface area is 164 Å². The number of anilines is 1. The number of amides is 1. The minimum absolute atomic E-state index is 0.0258. The van der Waals surface area contributed by atoms with Crippen LogP contribution in [0.25, 0.3) is 0 Å². The van der Waals surface area contributed by atoms with E-state index >= 15 is 0 Å². The third-order valence-corrected chi connectivity index (χ3v) is 4.92. The van der Waals surface area contributed by atoms with E-state index in [2.05, 4.69) is 5.32 Å². The van der Waals surface area contributed by atoms with Crippen molar-refractivity contribution in [1.82, 2.24) is 0 Å². The molecule has 0 saturated heterocycles. The first kappa shape index (κ1) is 21.0. The third-order valence-electron chi connectivity index (χ3n) is 4.63. The van der Waals surface area contributed by atoms with Crippen LogP contribution in [-0.4, -0.2) is 33.2 Å². The molecule has 0 aliphatic carbocycles. The molecule has 2 rings (SSSR count). The highest BCUT2D eigenvalue weighted by atomic mass is 35.5. The number of quaternary nitrogens is 1. The number of hydrogen-bond donors (Lipinski definition) is 2. The molecule has 0 bridgehead atoms. The van der Waals surface area contributed by atoms with Gasteiger partial charge in [-0.05, 0) is 49.7 Å². The molecular weight excluding hydrogens is 371 g/mol. The summed E-state index contributed by atoms with van der Waals surface area (Å²) in [6.45, 7) is 4.46. The number of carbonyl (C=O) groups is 1. The van der Waals surface area contributed by atoms with Crippen molar-refractivity contribution >= 4 is 23.2 Å². The number of ether oxygens (including phenoxy) is 2. The number of rotatable bonds is 7. The second-order valence-corrected chi connectivity index (χ2v) is 6.90. The molecule has 7 heteroatoms. The number of methoxy groups -OCH3 is 2. The molecule has 2 atom stereocenters.